The molecule has 0 radical (unpaired) electrons. The maximum Gasteiger partial charge on any atom is 0.123 e. The number of halogens is 1. The predicted molar refractivity (Wildman–Crippen MR) is 89.7 cm³/mol. The second-order valence-corrected chi connectivity index (χ2v) is 5.84. The normalized spacial score (nSPS) is 17.1. The molecule has 1 fully saturated rings. The highest BCUT2D eigenvalue weighted by molar-refractivity contribution is 5.21. The molecule has 1 unspecified atom stereocenters. The molecule has 1 saturated heterocycles. The molecular weight excluding hydrogens is 291 g/mol. The zero-order valence-electron chi connectivity index (χ0n) is 13.2. The van der Waals surface area contributed by atoms with Gasteiger partial charge in [-0.1, -0.05) is 42.5 Å². The van der Waals surface area contributed by atoms with E-state index in [1.807, 2.05) is 24.3 Å². The van der Waals surface area contributed by atoms with Crippen LogP contribution in [0.3, 0.4) is 0 Å². The molecule has 2 aromatic carbocycles. The Morgan fingerprint density at radius 2 is 1.83 bits per heavy atom. The summed E-state index contributed by atoms with van der Waals surface area (Å²) in [5.41, 5.74) is 2.28. The van der Waals surface area contributed by atoms with Gasteiger partial charge in [0, 0.05) is 32.2 Å². The smallest absolute Gasteiger partial charge is 0.123 e. The summed E-state index contributed by atoms with van der Waals surface area (Å²) in [5.74, 6) is -0.177. The van der Waals surface area contributed by atoms with E-state index in [2.05, 4.69) is 22.3 Å². The summed E-state index contributed by atoms with van der Waals surface area (Å²) < 4.78 is 19.1. The molecular formula is C19H23FN2O. The van der Waals surface area contributed by atoms with Crippen LogP contribution in [0.15, 0.2) is 54.6 Å². The number of ether oxygens (including phenoxy) is 1. The van der Waals surface area contributed by atoms with Crippen molar-refractivity contribution >= 4 is 0 Å². The van der Waals surface area contributed by atoms with Gasteiger partial charge >= 0.3 is 0 Å². The first-order valence-electron chi connectivity index (χ1n) is 8.15. The van der Waals surface area contributed by atoms with Gasteiger partial charge in [-0.2, -0.15) is 0 Å². The van der Waals surface area contributed by atoms with E-state index in [9.17, 15) is 4.39 Å². The van der Waals surface area contributed by atoms with Gasteiger partial charge < -0.3 is 10.1 Å². The van der Waals surface area contributed by atoms with E-state index in [1.165, 1.54) is 11.6 Å². The van der Waals surface area contributed by atoms with Crippen molar-refractivity contribution in [3.63, 3.8) is 0 Å². The summed E-state index contributed by atoms with van der Waals surface area (Å²) in [5, 5.41) is 3.51. The van der Waals surface area contributed by atoms with E-state index in [0.29, 0.717) is 0 Å². The fourth-order valence-corrected chi connectivity index (χ4v) is 3.01. The second kappa shape index (κ2) is 8.20. The van der Waals surface area contributed by atoms with E-state index < -0.39 is 0 Å². The zero-order chi connectivity index (χ0) is 15.9. The van der Waals surface area contributed by atoms with Gasteiger partial charge in [0.1, 0.15) is 5.82 Å². The van der Waals surface area contributed by atoms with Crippen molar-refractivity contribution in [1.29, 1.82) is 0 Å². The Bertz CT molecular complexity index is 599. The molecule has 1 N–H and O–H groups in total. The summed E-state index contributed by atoms with van der Waals surface area (Å²) >= 11 is 0. The molecule has 3 nitrogen and oxygen atoms in total. The monoisotopic (exact) mass is 314 g/mol. The number of nitrogens with zero attached hydrogens (tertiary/aromatic N) is 1. The van der Waals surface area contributed by atoms with Crippen LogP contribution in [0.5, 0.6) is 0 Å². The van der Waals surface area contributed by atoms with Crippen LogP contribution in [0, 0.1) is 5.82 Å². The number of hydrogen-bond acceptors (Lipinski definition) is 3. The fourth-order valence-electron chi connectivity index (χ4n) is 3.01. The van der Waals surface area contributed by atoms with E-state index in [1.54, 1.807) is 12.1 Å². The van der Waals surface area contributed by atoms with Crippen molar-refractivity contribution in [3.05, 3.63) is 71.5 Å². The summed E-state index contributed by atoms with van der Waals surface area (Å²) in [6.45, 7) is 4.85. The summed E-state index contributed by atoms with van der Waals surface area (Å²) in [7, 11) is 0. The van der Waals surface area contributed by atoms with Gasteiger partial charge in [-0.15, -0.1) is 0 Å². The van der Waals surface area contributed by atoms with Crippen molar-refractivity contribution in [2.24, 2.45) is 0 Å². The third-order valence-corrected chi connectivity index (χ3v) is 4.23. The van der Waals surface area contributed by atoms with Gasteiger partial charge in [0.2, 0.25) is 0 Å². The lowest BCUT2D eigenvalue weighted by molar-refractivity contribution is 0.0160. The van der Waals surface area contributed by atoms with Gasteiger partial charge in [0.15, 0.2) is 0 Å². The largest absolute Gasteiger partial charge is 0.379 e. The molecule has 2 aromatic rings. The van der Waals surface area contributed by atoms with Crippen LogP contribution in [0.1, 0.15) is 17.2 Å². The first-order chi connectivity index (χ1) is 11.3. The summed E-state index contributed by atoms with van der Waals surface area (Å²) in [6.07, 6.45) is 0. The molecule has 1 aliphatic rings. The van der Waals surface area contributed by atoms with E-state index >= 15 is 0 Å². The van der Waals surface area contributed by atoms with Crippen molar-refractivity contribution < 1.29 is 9.13 Å². The second-order valence-electron chi connectivity index (χ2n) is 5.84. The van der Waals surface area contributed by atoms with Gasteiger partial charge in [0.25, 0.3) is 0 Å². The Morgan fingerprint density at radius 1 is 1.04 bits per heavy atom. The van der Waals surface area contributed by atoms with Crippen molar-refractivity contribution in [3.8, 4) is 0 Å². The quantitative estimate of drug-likeness (QED) is 0.887. The lowest BCUT2D eigenvalue weighted by Gasteiger charge is -2.35. The lowest BCUT2D eigenvalue weighted by Crippen LogP contribution is -2.42. The molecule has 0 aromatic heterocycles. The Labute approximate surface area is 137 Å². The van der Waals surface area contributed by atoms with Gasteiger partial charge in [0.05, 0.1) is 13.2 Å². The van der Waals surface area contributed by atoms with Crippen LogP contribution in [0.4, 0.5) is 4.39 Å². The zero-order valence-corrected chi connectivity index (χ0v) is 13.2. The molecule has 0 spiro atoms. The fraction of sp³-hybridized carbons (Fsp3) is 0.368. The Kier molecular flexibility index (Phi) is 5.75. The van der Waals surface area contributed by atoms with Crippen LogP contribution in [-0.4, -0.2) is 37.7 Å². The van der Waals surface area contributed by atoms with E-state index in [4.69, 9.17) is 4.74 Å². The minimum atomic E-state index is -0.177. The lowest BCUT2D eigenvalue weighted by atomic mass is 10.0. The van der Waals surface area contributed by atoms with E-state index in [0.717, 1.165) is 45.0 Å². The molecule has 122 valence electrons. The predicted octanol–water partition coefficient (Wildman–Crippen LogP) is 2.99. The third kappa shape index (κ3) is 4.61. The molecule has 4 heteroatoms. The SMILES string of the molecule is Fc1cccc(C(CNCc2ccccc2)N2CCOCC2)c1. The average molecular weight is 314 g/mol. The highest BCUT2D eigenvalue weighted by atomic mass is 19.1. The van der Waals surface area contributed by atoms with Gasteiger partial charge in [-0.05, 0) is 23.3 Å². The molecule has 1 aliphatic heterocycles. The van der Waals surface area contributed by atoms with E-state index in [-0.39, 0.29) is 11.9 Å². The molecule has 0 amide bonds. The van der Waals surface area contributed by atoms with Crippen molar-refractivity contribution in [2.45, 2.75) is 12.6 Å². The van der Waals surface area contributed by atoms with Crippen LogP contribution in [-0.2, 0) is 11.3 Å². The molecule has 0 aliphatic carbocycles. The number of rotatable bonds is 6. The van der Waals surface area contributed by atoms with Crippen molar-refractivity contribution in [2.75, 3.05) is 32.8 Å². The van der Waals surface area contributed by atoms with Crippen LogP contribution >= 0.6 is 0 Å². The Balaban J connectivity index is 1.67. The Morgan fingerprint density at radius 3 is 2.57 bits per heavy atom. The van der Waals surface area contributed by atoms with Crippen LogP contribution < -0.4 is 5.32 Å². The number of benzene rings is 2. The van der Waals surface area contributed by atoms with Crippen LogP contribution in [0.2, 0.25) is 0 Å². The van der Waals surface area contributed by atoms with Gasteiger partial charge in [-0.3, -0.25) is 4.90 Å². The maximum absolute atomic E-state index is 13.6. The summed E-state index contributed by atoms with van der Waals surface area (Å²) in [6, 6.07) is 17.4. The highest BCUT2D eigenvalue weighted by Crippen LogP contribution is 2.22. The minimum Gasteiger partial charge on any atom is -0.379 e. The number of hydrogen-bond donors (Lipinski definition) is 1. The molecule has 1 heterocycles. The first kappa shape index (κ1) is 16.1. The average Bonchev–Trinajstić information content (AvgIpc) is 2.60. The molecule has 23 heavy (non-hydrogen) atoms. The van der Waals surface area contributed by atoms with Crippen molar-refractivity contribution in [1.82, 2.24) is 10.2 Å². The maximum atomic E-state index is 13.6. The standard InChI is InChI=1S/C19H23FN2O/c20-18-8-4-7-17(13-18)19(22-9-11-23-12-10-22)15-21-14-16-5-2-1-3-6-16/h1-8,13,19,21H,9-12,14-15H2. The minimum absolute atomic E-state index is 0.165. The van der Waals surface area contributed by atoms with Crippen LogP contribution in [0.25, 0.3) is 0 Å². The highest BCUT2D eigenvalue weighted by Gasteiger charge is 2.22. The topological polar surface area (TPSA) is 24.5 Å². The first-order valence-corrected chi connectivity index (χ1v) is 8.15. The number of nitrogens with one attached hydrogen (secondary N) is 1. The molecule has 1 atom stereocenters. The molecule has 3 rings (SSSR count). The summed E-state index contributed by atoms with van der Waals surface area (Å²) in [4.78, 5) is 2.37. The number of morpholine rings is 1. The molecule has 0 saturated carbocycles. The Hall–Kier alpha value is -1.75. The molecule has 0 bridgehead atoms. The van der Waals surface area contributed by atoms with Gasteiger partial charge in [-0.25, -0.2) is 4.39 Å². The third-order valence-electron chi connectivity index (χ3n) is 4.23.